The zero-order valence-corrected chi connectivity index (χ0v) is 17.5. The number of carbonyl (C=O) groups excluding carboxylic acids is 2. The first-order valence-electron chi connectivity index (χ1n) is 10.2. The number of aromatic nitrogens is 2. The minimum Gasteiger partial charge on any atom is -0.349 e. The first kappa shape index (κ1) is 20.3. The average Bonchev–Trinajstić information content (AvgIpc) is 3.14. The van der Waals surface area contributed by atoms with E-state index in [1.54, 1.807) is 0 Å². The Hall–Kier alpha value is -3.93. The first-order chi connectivity index (χ1) is 15.0. The minimum atomic E-state index is -0.417. The van der Waals surface area contributed by atoms with Gasteiger partial charge >= 0.3 is 0 Å². The van der Waals surface area contributed by atoms with Crippen LogP contribution in [-0.4, -0.2) is 21.2 Å². The number of pyridine rings is 1. The molecule has 0 unspecified atom stereocenters. The van der Waals surface area contributed by atoms with E-state index in [-0.39, 0.29) is 18.2 Å². The number of imidazole rings is 1. The minimum absolute atomic E-state index is 0.108. The predicted octanol–water partition coefficient (Wildman–Crippen LogP) is 4.52. The maximum absolute atomic E-state index is 13.1. The Kier molecular flexibility index (Phi) is 5.80. The van der Waals surface area contributed by atoms with Gasteiger partial charge in [-0.2, -0.15) is 0 Å². The lowest BCUT2D eigenvalue weighted by Gasteiger charge is -2.18. The fourth-order valence-corrected chi connectivity index (χ4v) is 3.67. The summed E-state index contributed by atoms with van der Waals surface area (Å²) in [6.45, 7) is 3.44. The lowest BCUT2D eigenvalue weighted by atomic mass is 10.0. The molecule has 4 rings (SSSR count). The standard InChI is InChI=1S/C25H24N4O2/c1-17-10-9-15-29-24(17)28-23(20-13-7-4-8-14-20)25(29)27-22(31)16-21(26-18(2)30)19-11-5-3-6-12-19/h3-15,21H,16H2,1-2H3,(H,26,30)(H,27,31)/t21-/m0/s1. The van der Waals surface area contributed by atoms with Gasteiger partial charge in [0.15, 0.2) is 0 Å². The van der Waals surface area contributed by atoms with E-state index in [4.69, 9.17) is 4.98 Å². The lowest BCUT2D eigenvalue weighted by molar-refractivity contribution is -0.120. The zero-order chi connectivity index (χ0) is 21.8. The van der Waals surface area contributed by atoms with Crippen molar-refractivity contribution in [2.75, 3.05) is 5.32 Å². The monoisotopic (exact) mass is 412 g/mol. The Balaban J connectivity index is 1.68. The highest BCUT2D eigenvalue weighted by Crippen LogP contribution is 2.30. The average molecular weight is 412 g/mol. The zero-order valence-electron chi connectivity index (χ0n) is 17.5. The van der Waals surface area contributed by atoms with Crippen LogP contribution in [0.1, 0.15) is 30.5 Å². The second kappa shape index (κ2) is 8.83. The van der Waals surface area contributed by atoms with Crippen molar-refractivity contribution in [1.82, 2.24) is 14.7 Å². The van der Waals surface area contributed by atoms with E-state index in [0.29, 0.717) is 11.5 Å². The van der Waals surface area contributed by atoms with E-state index < -0.39 is 6.04 Å². The SMILES string of the molecule is CC(=O)N[C@@H](CC(=O)Nc1c(-c2ccccc2)nc2c(C)cccn12)c1ccccc1. The molecule has 0 saturated carbocycles. The van der Waals surface area contributed by atoms with E-state index in [0.717, 1.165) is 22.3 Å². The first-order valence-corrected chi connectivity index (χ1v) is 10.2. The number of aryl methyl sites for hydroxylation is 1. The molecular weight excluding hydrogens is 388 g/mol. The molecule has 2 amide bonds. The van der Waals surface area contributed by atoms with Crippen molar-refractivity contribution < 1.29 is 9.59 Å². The van der Waals surface area contributed by atoms with Gasteiger partial charge in [0.25, 0.3) is 0 Å². The van der Waals surface area contributed by atoms with E-state index in [1.807, 2.05) is 90.3 Å². The van der Waals surface area contributed by atoms with Gasteiger partial charge in [0, 0.05) is 18.7 Å². The highest BCUT2D eigenvalue weighted by molar-refractivity contribution is 5.95. The molecule has 6 heteroatoms. The van der Waals surface area contributed by atoms with Gasteiger partial charge in [0.2, 0.25) is 11.8 Å². The topological polar surface area (TPSA) is 75.5 Å². The molecule has 2 N–H and O–H groups in total. The van der Waals surface area contributed by atoms with Crippen molar-refractivity contribution in [2.45, 2.75) is 26.3 Å². The summed E-state index contributed by atoms with van der Waals surface area (Å²) in [5.41, 5.74) is 4.31. The van der Waals surface area contributed by atoms with Gasteiger partial charge < -0.3 is 10.6 Å². The summed E-state index contributed by atoms with van der Waals surface area (Å²) in [7, 11) is 0. The molecule has 0 aliphatic carbocycles. The Bertz CT molecular complexity index is 1220. The van der Waals surface area contributed by atoms with Crippen molar-refractivity contribution in [2.24, 2.45) is 0 Å². The van der Waals surface area contributed by atoms with Crippen molar-refractivity contribution in [3.8, 4) is 11.3 Å². The van der Waals surface area contributed by atoms with Crippen molar-refractivity contribution in [1.29, 1.82) is 0 Å². The van der Waals surface area contributed by atoms with Crippen LogP contribution in [0.4, 0.5) is 5.82 Å². The molecule has 2 aromatic heterocycles. The Labute approximate surface area is 180 Å². The van der Waals surface area contributed by atoms with Gasteiger partial charge in [-0.15, -0.1) is 0 Å². The van der Waals surface area contributed by atoms with Crippen LogP contribution in [-0.2, 0) is 9.59 Å². The molecule has 2 aromatic carbocycles. The smallest absolute Gasteiger partial charge is 0.227 e. The number of anilines is 1. The van der Waals surface area contributed by atoms with Crippen LogP contribution in [0.5, 0.6) is 0 Å². The molecule has 4 aromatic rings. The molecule has 6 nitrogen and oxygen atoms in total. The molecule has 0 radical (unpaired) electrons. The van der Waals surface area contributed by atoms with E-state index in [9.17, 15) is 9.59 Å². The number of hydrogen-bond donors (Lipinski definition) is 2. The number of nitrogens with one attached hydrogen (secondary N) is 2. The van der Waals surface area contributed by atoms with Crippen LogP contribution in [0, 0.1) is 6.92 Å². The molecule has 0 fully saturated rings. The summed E-state index contributed by atoms with van der Waals surface area (Å²) in [5.74, 6) is 0.227. The van der Waals surface area contributed by atoms with E-state index >= 15 is 0 Å². The molecule has 0 saturated heterocycles. The molecule has 0 spiro atoms. The van der Waals surface area contributed by atoms with Crippen molar-refractivity contribution >= 4 is 23.3 Å². The maximum Gasteiger partial charge on any atom is 0.227 e. The molecule has 0 aliphatic rings. The third-order valence-corrected chi connectivity index (χ3v) is 5.12. The summed E-state index contributed by atoms with van der Waals surface area (Å²) < 4.78 is 1.89. The lowest BCUT2D eigenvalue weighted by Crippen LogP contribution is -2.30. The van der Waals surface area contributed by atoms with Crippen molar-refractivity contribution in [3.63, 3.8) is 0 Å². The highest BCUT2D eigenvalue weighted by atomic mass is 16.2. The van der Waals surface area contributed by atoms with Crippen LogP contribution in [0.2, 0.25) is 0 Å². The predicted molar refractivity (Wildman–Crippen MR) is 122 cm³/mol. The number of nitrogens with zero attached hydrogens (tertiary/aromatic N) is 2. The van der Waals surface area contributed by atoms with Gasteiger partial charge in [-0.25, -0.2) is 4.98 Å². The summed E-state index contributed by atoms with van der Waals surface area (Å²) in [5, 5.41) is 5.92. The number of hydrogen-bond acceptors (Lipinski definition) is 3. The van der Waals surface area contributed by atoms with Crippen LogP contribution in [0.3, 0.4) is 0 Å². The summed E-state index contributed by atoms with van der Waals surface area (Å²) in [6, 6.07) is 22.8. The number of carbonyl (C=O) groups is 2. The third-order valence-electron chi connectivity index (χ3n) is 5.12. The second-order valence-electron chi connectivity index (χ2n) is 7.48. The fourth-order valence-electron chi connectivity index (χ4n) is 3.67. The van der Waals surface area contributed by atoms with Crippen LogP contribution >= 0.6 is 0 Å². The number of fused-ring (bicyclic) bond motifs is 1. The summed E-state index contributed by atoms with van der Waals surface area (Å²) >= 11 is 0. The number of benzene rings is 2. The Morgan fingerprint density at radius 2 is 1.65 bits per heavy atom. The van der Waals surface area contributed by atoms with Crippen LogP contribution in [0.25, 0.3) is 16.9 Å². The molecule has 1 atom stereocenters. The maximum atomic E-state index is 13.1. The molecule has 0 bridgehead atoms. The van der Waals surface area contributed by atoms with Gasteiger partial charge in [-0.1, -0.05) is 66.7 Å². The molecular formula is C25H24N4O2. The van der Waals surface area contributed by atoms with Gasteiger partial charge in [0.1, 0.15) is 17.2 Å². The Morgan fingerprint density at radius 3 is 2.32 bits per heavy atom. The summed E-state index contributed by atoms with van der Waals surface area (Å²) in [6.07, 6.45) is 2.00. The highest BCUT2D eigenvalue weighted by Gasteiger charge is 2.21. The van der Waals surface area contributed by atoms with Gasteiger partial charge in [0.05, 0.1) is 12.5 Å². The normalized spacial score (nSPS) is 11.8. The van der Waals surface area contributed by atoms with E-state index in [2.05, 4.69) is 10.6 Å². The van der Waals surface area contributed by atoms with Crippen molar-refractivity contribution in [3.05, 3.63) is 90.1 Å². The van der Waals surface area contributed by atoms with Gasteiger partial charge in [-0.05, 0) is 24.1 Å². The van der Waals surface area contributed by atoms with Crippen LogP contribution < -0.4 is 10.6 Å². The largest absolute Gasteiger partial charge is 0.349 e. The fraction of sp³-hybridized carbons (Fsp3) is 0.160. The quantitative estimate of drug-likeness (QED) is 0.489. The number of rotatable bonds is 6. The van der Waals surface area contributed by atoms with E-state index in [1.165, 1.54) is 6.92 Å². The third kappa shape index (κ3) is 4.48. The van der Waals surface area contributed by atoms with Crippen LogP contribution in [0.15, 0.2) is 79.0 Å². The Morgan fingerprint density at radius 1 is 0.968 bits per heavy atom. The molecule has 31 heavy (non-hydrogen) atoms. The summed E-state index contributed by atoms with van der Waals surface area (Å²) in [4.78, 5) is 29.6. The molecule has 156 valence electrons. The van der Waals surface area contributed by atoms with Gasteiger partial charge in [-0.3, -0.25) is 14.0 Å². The second-order valence-corrected chi connectivity index (χ2v) is 7.48. The molecule has 0 aliphatic heterocycles. The molecule has 2 heterocycles. The number of amides is 2.